The molecule has 4 rings (SSSR count). The molecule has 0 bridgehead atoms. The third-order valence-electron chi connectivity index (χ3n) is 5.17. The molecule has 0 radical (unpaired) electrons. The quantitative estimate of drug-likeness (QED) is 0.779. The van der Waals surface area contributed by atoms with E-state index in [0.29, 0.717) is 0 Å². The number of hydrogen-bond acceptors (Lipinski definition) is 1. The Bertz CT molecular complexity index is 652. The Morgan fingerprint density at radius 1 is 1.00 bits per heavy atom. The van der Waals surface area contributed by atoms with Crippen molar-refractivity contribution in [1.29, 1.82) is 0 Å². The van der Waals surface area contributed by atoms with Crippen molar-refractivity contribution in [2.75, 3.05) is 0 Å². The zero-order valence-electron chi connectivity index (χ0n) is 11.4. The monoisotopic (exact) mass is 267 g/mol. The summed E-state index contributed by atoms with van der Waals surface area (Å²) >= 11 is 0. The molecule has 0 fully saturated rings. The molecule has 0 saturated carbocycles. The normalized spacial score (nSPS) is 22.6. The van der Waals surface area contributed by atoms with Gasteiger partial charge in [-0.3, -0.25) is 0 Å². The van der Waals surface area contributed by atoms with Gasteiger partial charge in [0.1, 0.15) is 5.82 Å². The first-order chi connectivity index (χ1) is 9.69. The lowest BCUT2D eigenvalue weighted by molar-refractivity contribution is 0.319. The van der Waals surface area contributed by atoms with E-state index in [2.05, 4.69) is 24.3 Å². The Balaban J connectivity index is 1.87. The van der Waals surface area contributed by atoms with Crippen LogP contribution in [0.3, 0.4) is 0 Å². The molecule has 0 heterocycles. The molecule has 0 amide bonds. The molecule has 2 heteroatoms. The molecule has 2 N–H and O–H groups in total. The van der Waals surface area contributed by atoms with Crippen molar-refractivity contribution in [3.05, 3.63) is 70.5 Å². The van der Waals surface area contributed by atoms with Gasteiger partial charge in [0.15, 0.2) is 0 Å². The van der Waals surface area contributed by atoms with Gasteiger partial charge in [0.2, 0.25) is 0 Å². The highest BCUT2D eigenvalue weighted by Gasteiger charge is 2.46. The van der Waals surface area contributed by atoms with Gasteiger partial charge in [-0.25, -0.2) is 4.39 Å². The highest BCUT2D eigenvalue weighted by molar-refractivity contribution is 5.48. The zero-order chi connectivity index (χ0) is 13.7. The number of nitrogens with two attached hydrogens (primary N) is 1. The van der Waals surface area contributed by atoms with Crippen molar-refractivity contribution in [3.63, 3.8) is 0 Å². The van der Waals surface area contributed by atoms with Crippen molar-refractivity contribution in [2.45, 2.75) is 37.1 Å². The predicted molar refractivity (Wildman–Crippen MR) is 78.2 cm³/mol. The van der Waals surface area contributed by atoms with Gasteiger partial charge in [-0.15, -0.1) is 0 Å². The second-order valence-corrected chi connectivity index (χ2v) is 6.23. The first-order valence-electron chi connectivity index (χ1n) is 7.30. The fourth-order valence-corrected chi connectivity index (χ4v) is 4.14. The first kappa shape index (κ1) is 12.1. The summed E-state index contributed by atoms with van der Waals surface area (Å²) in [6.07, 6.45) is 3.82. The summed E-state index contributed by atoms with van der Waals surface area (Å²) in [7, 11) is 0. The van der Waals surface area contributed by atoms with Crippen molar-refractivity contribution in [3.8, 4) is 0 Å². The fraction of sp³-hybridized carbons (Fsp3) is 0.333. The van der Waals surface area contributed by atoms with Gasteiger partial charge < -0.3 is 5.73 Å². The summed E-state index contributed by atoms with van der Waals surface area (Å²) < 4.78 is 13.5. The lowest BCUT2D eigenvalue weighted by Crippen LogP contribution is -2.49. The van der Waals surface area contributed by atoms with Gasteiger partial charge in [0.05, 0.1) is 0 Å². The van der Waals surface area contributed by atoms with Gasteiger partial charge in [0, 0.05) is 11.5 Å². The predicted octanol–water partition coefficient (Wildman–Crippen LogP) is 3.14. The second-order valence-electron chi connectivity index (χ2n) is 6.23. The van der Waals surface area contributed by atoms with E-state index >= 15 is 0 Å². The number of fused-ring (bicyclic) bond motifs is 3. The minimum Gasteiger partial charge on any atom is -0.327 e. The average Bonchev–Trinajstić information content (AvgIpc) is 2.83. The molecule has 2 aromatic carbocycles. The van der Waals surface area contributed by atoms with E-state index in [9.17, 15) is 4.39 Å². The van der Waals surface area contributed by atoms with Crippen LogP contribution in [0.1, 0.15) is 28.7 Å². The van der Waals surface area contributed by atoms with E-state index in [4.69, 9.17) is 5.73 Å². The summed E-state index contributed by atoms with van der Waals surface area (Å²) in [6, 6.07) is 14.0. The Labute approximate surface area is 118 Å². The number of rotatable bonds is 0. The maximum atomic E-state index is 13.5. The Hall–Kier alpha value is -1.67. The van der Waals surface area contributed by atoms with Crippen molar-refractivity contribution < 1.29 is 4.39 Å². The molecule has 2 aliphatic carbocycles. The number of hydrogen-bond donors (Lipinski definition) is 1. The van der Waals surface area contributed by atoms with Crippen molar-refractivity contribution >= 4 is 0 Å². The van der Waals surface area contributed by atoms with Crippen LogP contribution >= 0.6 is 0 Å². The second kappa shape index (κ2) is 4.16. The Morgan fingerprint density at radius 3 is 2.40 bits per heavy atom. The summed E-state index contributed by atoms with van der Waals surface area (Å²) in [5, 5.41) is 0. The maximum absolute atomic E-state index is 13.5. The molecule has 1 nitrogen and oxygen atoms in total. The molecule has 20 heavy (non-hydrogen) atoms. The summed E-state index contributed by atoms with van der Waals surface area (Å²) in [6.45, 7) is 0. The minimum atomic E-state index is -0.134. The maximum Gasteiger partial charge on any atom is 0.123 e. The molecule has 102 valence electrons. The van der Waals surface area contributed by atoms with E-state index in [1.165, 1.54) is 16.7 Å². The number of aryl methyl sites for hydroxylation is 1. The molecule has 0 aliphatic heterocycles. The van der Waals surface area contributed by atoms with Crippen LogP contribution in [0.5, 0.6) is 0 Å². The van der Waals surface area contributed by atoms with Crippen LogP contribution < -0.4 is 5.73 Å². The largest absolute Gasteiger partial charge is 0.327 e. The summed E-state index contributed by atoms with van der Waals surface area (Å²) in [4.78, 5) is 0. The summed E-state index contributed by atoms with van der Waals surface area (Å²) in [5.74, 6) is -0.134. The Morgan fingerprint density at radius 2 is 1.70 bits per heavy atom. The third-order valence-corrected chi connectivity index (χ3v) is 5.17. The molecule has 2 aliphatic rings. The molecular formula is C18H18FN. The van der Waals surface area contributed by atoms with Crippen LogP contribution in [0.2, 0.25) is 0 Å². The molecule has 1 unspecified atom stereocenters. The number of halogens is 1. The topological polar surface area (TPSA) is 26.0 Å². The molecule has 1 spiro atoms. The van der Waals surface area contributed by atoms with Crippen LogP contribution in [0.25, 0.3) is 0 Å². The van der Waals surface area contributed by atoms with Crippen LogP contribution in [0.15, 0.2) is 42.5 Å². The van der Waals surface area contributed by atoms with E-state index in [0.717, 1.165) is 31.2 Å². The average molecular weight is 267 g/mol. The Kier molecular flexibility index (Phi) is 2.52. The lowest BCUT2D eigenvalue weighted by Gasteiger charge is -2.41. The highest BCUT2D eigenvalue weighted by Crippen LogP contribution is 2.46. The zero-order valence-corrected chi connectivity index (χ0v) is 11.4. The summed E-state index contributed by atoms with van der Waals surface area (Å²) in [5.41, 5.74) is 11.7. The van der Waals surface area contributed by atoms with Crippen LogP contribution in [-0.4, -0.2) is 6.04 Å². The van der Waals surface area contributed by atoms with Gasteiger partial charge in [-0.2, -0.15) is 0 Å². The van der Waals surface area contributed by atoms with Gasteiger partial charge in [-0.1, -0.05) is 30.3 Å². The van der Waals surface area contributed by atoms with E-state index in [-0.39, 0.29) is 17.3 Å². The van der Waals surface area contributed by atoms with Gasteiger partial charge >= 0.3 is 0 Å². The SMILES string of the molecule is NC1CCc2cc(F)ccc2C12Cc1ccccc1C2. The molecule has 0 aromatic heterocycles. The van der Waals surface area contributed by atoms with Crippen molar-refractivity contribution in [2.24, 2.45) is 5.73 Å². The van der Waals surface area contributed by atoms with Crippen LogP contribution in [-0.2, 0) is 24.7 Å². The first-order valence-corrected chi connectivity index (χ1v) is 7.30. The van der Waals surface area contributed by atoms with Crippen LogP contribution in [0.4, 0.5) is 4.39 Å². The smallest absolute Gasteiger partial charge is 0.123 e. The minimum absolute atomic E-state index is 0.0228. The fourth-order valence-electron chi connectivity index (χ4n) is 4.14. The molecule has 2 aromatic rings. The molecular weight excluding hydrogens is 249 g/mol. The highest BCUT2D eigenvalue weighted by atomic mass is 19.1. The standard InChI is InChI=1S/C18H18FN/c19-15-6-7-16-12(9-15)5-8-17(20)18(16)10-13-3-1-2-4-14(13)11-18/h1-4,6-7,9,17H,5,8,10-11,20H2. The van der Waals surface area contributed by atoms with E-state index in [1.54, 1.807) is 12.1 Å². The van der Waals surface area contributed by atoms with Crippen LogP contribution in [0, 0.1) is 5.82 Å². The number of benzene rings is 2. The third kappa shape index (κ3) is 1.58. The van der Waals surface area contributed by atoms with Crippen molar-refractivity contribution in [1.82, 2.24) is 0 Å². The van der Waals surface area contributed by atoms with E-state index < -0.39 is 0 Å². The van der Waals surface area contributed by atoms with E-state index in [1.807, 2.05) is 6.07 Å². The molecule has 1 atom stereocenters. The lowest BCUT2D eigenvalue weighted by atomic mass is 9.65. The van der Waals surface area contributed by atoms with Gasteiger partial charge in [0.25, 0.3) is 0 Å². The van der Waals surface area contributed by atoms with Gasteiger partial charge in [-0.05, 0) is 60.1 Å². The molecule has 0 saturated heterocycles.